The van der Waals surface area contributed by atoms with Crippen molar-refractivity contribution in [2.75, 3.05) is 39.8 Å². The molecule has 7 heteroatoms. The highest BCUT2D eigenvalue weighted by Gasteiger charge is 2.18. The molecular formula is C27H30FN5O. The molecule has 1 N–H and O–H groups in total. The Labute approximate surface area is 199 Å². The minimum atomic E-state index is -0.160. The van der Waals surface area contributed by atoms with Crippen LogP contribution < -0.4 is 4.74 Å². The highest BCUT2D eigenvalue weighted by molar-refractivity contribution is 5.94. The standard InChI is InChI=1S/C27H30FN5O/c1-3-10-32-11-13-33(14-12-32)18-21-15-19(8-9-24(21)28)20-16-23-26(30-31-27(23)29-17-20)22-6-4-5-7-25(22)34-2/h4-9,15-17H,3,10-14,18H2,1-2H3,(H,29,30,31). The lowest BCUT2D eigenvalue weighted by Gasteiger charge is -2.34. The molecule has 1 fully saturated rings. The first kappa shape index (κ1) is 22.5. The van der Waals surface area contributed by atoms with Gasteiger partial charge in [0, 0.05) is 61.0 Å². The average molecular weight is 460 g/mol. The van der Waals surface area contributed by atoms with E-state index < -0.39 is 0 Å². The van der Waals surface area contributed by atoms with E-state index in [1.807, 2.05) is 36.4 Å². The van der Waals surface area contributed by atoms with E-state index in [-0.39, 0.29) is 5.82 Å². The summed E-state index contributed by atoms with van der Waals surface area (Å²) in [7, 11) is 1.66. The zero-order valence-corrected chi connectivity index (χ0v) is 19.7. The van der Waals surface area contributed by atoms with E-state index >= 15 is 0 Å². The summed E-state index contributed by atoms with van der Waals surface area (Å²) in [5.74, 6) is 0.605. The van der Waals surface area contributed by atoms with Crippen LogP contribution in [0.25, 0.3) is 33.4 Å². The van der Waals surface area contributed by atoms with Crippen LogP contribution >= 0.6 is 0 Å². The lowest BCUT2D eigenvalue weighted by atomic mass is 10.0. The van der Waals surface area contributed by atoms with Crippen molar-refractivity contribution in [3.8, 4) is 28.1 Å². The van der Waals surface area contributed by atoms with Gasteiger partial charge >= 0.3 is 0 Å². The molecule has 3 heterocycles. The third-order valence-electron chi connectivity index (χ3n) is 6.56. The van der Waals surface area contributed by atoms with Crippen molar-refractivity contribution in [2.24, 2.45) is 0 Å². The van der Waals surface area contributed by atoms with E-state index in [2.05, 4.69) is 38.0 Å². The minimum absolute atomic E-state index is 0.160. The summed E-state index contributed by atoms with van der Waals surface area (Å²) in [6, 6.07) is 15.2. The summed E-state index contributed by atoms with van der Waals surface area (Å²) >= 11 is 0. The number of nitrogens with zero attached hydrogens (tertiary/aromatic N) is 4. The molecular weight excluding hydrogens is 429 g/mol. The lowest BCUT2D eigenvalue weighted by Crippen LogP contribution is -2.46. The summed E-state index contributed by atoms with van der Waals surface area (Å²) in [5, 5.41) is 8.38. The molecule has 0 radical (unpaired) electrons. The van der Waals surface area contributed by atoms with Gasteiger partial charge in [-0.15, -0.1) is 0 Å². The summed E-state index contributed by atoms with van der Waals surface area (Å²) < 4.78 is 20.3. The van der Waals surface area contributed by atoms with Gasteiger partial charge in [0.05, 0.1) is 12.8 Å². The van der Waals surface area contributed by atoms with Gasteiger partial charge in [-0.1, -0.05) is 25.1 Å². The van der Waals surface area contributed by atoms with Crippen molar-refractivity contribution in [1.82, 2.24) is 25.0 Å². The number of aromatic nitrogens is 3. The van der Waals surface area contributed by atoms with E-state index in [4.69, 9.17) is 4.74 Å². The van der Waals surface area contributed by atoms with Gasteiger partial charge in [0.2, 0.25) is 0 Å². The molecule has 0 amide bonds. The number of aromatic amines is 1. The first-order chi connectivity index (χ1) is 16.7. The molecule has 5 rings (SSSR count). The number of hydrogen-bond donors (Lipinski definition) is 1. The Morgan fingerprint density at radius 1 is 1.00 bits per heavy atom. The number of benzene rings is 2. The maximum Gasteiger partial charge on any atom is 0.181 e. The Hall–Kier alpha value is -3.29. The molecule has 0 saturated carbocycles. The first-order valence-electron chi connectivity index (χ1n) is 11.9. The van der Waals surface area contributed by atoms with Crippen LogP contribution in [-0.4, -0.2) is 64.8 Å². The molecule has 34 heavy (non-hydrogen) atoms. The topological polar surface area (TPSA) is 57.3 Å². The quantitative estimate of drug-likeness (QED) is 0.423. The van der Waals surface area contributed by atoms with Crippen LogP contribution in [0.2, 0.25) is 0 Å². The largest absolute Gasteiger partial charge is 0.496 e. The predicted molar refractivity (Wildman–Crippen MR) is 133 cm³/mol. The monoisotopic (exact) mass is 459 g/mol. The predicted octanol–water partition coefficient (Wildman–Crippen LogP) is 4.97. The van der Waals surface area contributed by atoms with Gasteiger partial charge in [-0.25, -0.2) is 9.37 Å². The van der Waals surface area contributed by atoms with Crippen LogP contribution in [-0.2, 0) is 6.54 Å². The van der Waals surface area contributed by atoms with Crippen LogP contribution in [0.5, 0.6) is 5.75 Å². The van der Waals surface area contributed by atoms with Gasteiger partial charge < -0.3 is 9.64 Å². The molecule has 2 aromatic heterocycles. The number of nitrogens with one attached hydrogen (secondary N) is 1. The first-order valence-corrected chi connectivity index (χ1v) is 11.9. The van der Waals surface area contributed by atoms with Crippen LogP contribution in [0.3, 0.4) is 0 Å². The smallest absolute Gasteiger partial charge is 0.181 e. The molecule has 2 aromatic carbocycles. The Kier molecular flexibility index (Phi) is 6.56. The average Bonchev–Trinajstić information content (AvgIpc) is 3.30. The minimum Gasteiger partial charge on any atom is -0.496 e. The number of hydrogen-bond acceptors (Lipinski definition) is 5. The number of methoxy groups -OCH3 is 1. The fourth-order valence-corrected chi connectivity index (χ4v) is 4.72. The van der Waals surface area contributed by atoms with Gasteiger partial charge in [0.25, 0.3) is 0 Å². The van der Waals surface area contributed by atoms with Gasteiger partial charge in [-0.3, -0.25) is 10.00 Å². The molecule has 0 aliphatic carbocycles. The number of pyridine rings is 1. The van der Waals surface area contributed by atoms with Crippen LogP contribution in [0.1, 0.15) is 18.9 Å². The fraction of sp³-hybridized carbons (Fsp3) is 0.333. The molecule has 6 nitrogen and oxygen atoms in total. The van der Waals surface area contributed by atoms with E-state index in [9.17, 15) is 4.39 Å². The summed E-state index contributed by atoms with van der Waals surface area (Å²) in [6.45, 7) is 7.99. The van der Waals surface area contributed by atoms with E-state index in [0.29, 0.717) is 12.2 Å². The van der Waals surface area contributed by atoms with Crippen LogP contribution in [0.4, 0.5) is 4.39 Å². The Morgan fingerprint density at radius 3 is 2.59 bits per heavy atom. The maximum absolute atomic E-state index is 14.7. The van der Waals surface area contributed by atoms with Crippen LogP contribution in [0.15, 0.2) is 54.7 Å². The molecule has 4 aromatic rings. The number of H-pyrrole nitrogens is 1. The summed E-state index contributed by atoms with van der Waals surface area (Å²) in [4.78, 5) is 9.38. The van der Waals surface area contributed by atoms with Crippen molar-refractivity contribution >= 4 is 11.0 Å². The highest BCUT2D eigenvalue weighted by Crippen LogP contribution is 2.34. The molecule has 0 bridgehead atoms. The van der Waals surface area contributed by atoms with Crippen molar-refractivity contribution in [2.45, 2.75) is 19.9 Å². The second-order valence-electron chi connectivity index (χ2n) is 8.82. The molecule has 0 atom stereocenters. The zero-order chi connectivity index (χ0) is 23.5. The van der Waals surface area contributed by atoms with Crippen molar-refractivity contribution in [3.63, 3.8) is 0 Å². The van der Waals surface area contributed by atoms with E-state index in [0.717, 1.165) is 71.8 Å². The Bertz CT molecular complexity index is 1280. The highest BCUT2D eigenvalue weighted by atomic mass is 19.1. The van der Waals surface area contributed by atoms with Crippen molar-refractivity contribution in [1.29, 1.82) is 0 Å². The summed E-state index contributed by atoms with van der Waals surface area (Å²) in [6.07, 6.45) is 2.97. The normalized spacial score (nSPS) is 15.1. The molecule has 0 unspecified atom stereocenters. The van der Waals surface area contributed by atoms with Gasteiger partial charge in [-0.2, -0.15) is 5.10 Å². The van der Waals surface area contributed by atoms with Crippen LogP contribution in [0, 0.1) is 5.82 Å². The number of piperazine rings is 1. The fourth-order valence-electron chi connectivity index (χ4n) is 4.72. The number of para-hydroxylation sites is 1. The third-order valence-corrected chi connectivity index (χ3v) is 6.56. The van der Waals surface area contributed by atoms with E-state index in [1.54, 1.807) is 19.4 Å². The SMILES string of the molecule is CCCN1CCN(Cc2cc(-c3cnc4n[nH]c(-c5ccccc5OC)c4c3)ccc2F)CC1. The lowest BCUT2D eigenvalue weighted by molar-refractivity contribution is 0.126. The number of halogens is 1. The third kappa shape index (κ3) is 4.54. The Morgan fingerprint density at radius 2 is 1.79 bits per heavy atom. The van der Waals surface area contributed by atoms with Gasteiger partial charge in [-0.05, 0) is 48.9 Å². The second-order valence-corrected chi connectivity index (χ2v) is 8.82. The number of rotatable bonds is 7. The molecule has 176 valence electrons. The van der Waals surface area contributed by atoms with Crippen molar-refractivity contribution < 1.29 is 9.13 Å². The molecule has 0 spiro atoms. The second kappa shape index (κ2) is 9.91. The van der Waals surface area contributed by atoms with Gasteiger partial charge in [0.15, 0.2) is 5.65 Å². The molecule has 1 aliphatic rings. The zero-order valence-electron chi connectivity index (χ0n) is 19.7. The van der Waals surface area contributed by atoms with E-state index in [1.165, 1.54) is 6.42 Å². The van der Waals surface area contributed by atoms with Crippen molar-refractivity contribution in [3.05, 3.63) is 66.1 Å². The number of ether oxygens (including phenoxy) is 1. The molecule has 1 aliphatic heterocycles. The summed E-state index contributed by atoms with van der Waals surface area (Å²) in [5.41, 5.74) is 5.01. The maximum atomic E-state index is 14.7. The Balaban J connectivity index is 1.43. The van der Waals surface area contributed by atoms with Gasteiger partial charge in [0.1, 0.15) is 11.6 Å². The molecule has 1 saturated heterocycles. The number of fused-ring (bicyclic) bond motifs is 1.